The van der Waals surface area contributed by atoms with E-state index in [2.05, 4.69) is 5.32 Å². The van der Waals surface area contributed by atoms with E-state index in [9.17, 15) is 10.1 Å². The molecule has 2 rings (SSSR count). The van der Waals surface area contributed by atoms with Gasteiger partial charge >= 0.3 is 0 Å². The molecule has 0 amide bonds. The van der Waals surface area contributed by atoms with Gasteiger partial charge in [-0.05, 0) is 18.2 Å². The van der Waals surface area contributed by atoms with Crippen LogP contribution in [0, 0.1) is 21.4 Å². The summed E-state index contributed by atoms with van der Waals surface area (Å²) in [7, 11) is 0. The second kappa shape index (κ2) is 7.36. The maximum atomic E-state index is 10.7. The van der Waals surface area contributed by atoms with Gasteiger partial charge in [-0.25, -0.2) is 0 Å². The zero-order valence-electron chi connectivity index (χ0n) is 11.1. The van der Waals surface area contributed by atoms with Gasteiger partial charge < -0.3 is 9.73 Å². The average molecular weight is 303 g/mol. The molecule has 7 heteroatoms. The molecule has 1 aromatic heterocycles. The SMILES string of the molecule is N#Cc1cc([N+](=O)[O-])ccc1NCCSCc1ccco1. The number of nitro groups is 1. The molecule has 1 N–H and O–H groups in total. The van der Waals surface area contributed by atoms with Crippen molar-refractivity contribution in [2.75, 3.05) is 17.6 Å². The van der Waals surface area contributed by atoms with E-state index in [4.69, 9.17) is 9.68 Å². The fourth-order valence-corrected chi connectivity index (χ4v) is 2.47. The highest BCUT2D eigenvalue weighted by Gasteiger charge is 2.10. The lowest BCUT2D eigenvalue weighted by atomic mass is 10.1. The Bertz CT molecular complexity index is 650. The zero-order chi connectivity index (χ0) is 15.1. The number of anilines is 1. The second-order valence-electron chi connectivity index (χ2n) is 4.16. The van der Waals surface area contributed by atoms with Crippen LogP contribution in [0.15, 0.2) is 41.0 Å². The van der Waals surface area contributed by atoms with Crippen LogP contribution in [0.5, 0.6) is 0 Å². The van der Waals surface area contributed by atoms with Gasteiger partial charge in [-0.2, -0.15) is 17.0 Å². The predicted octanol–water partition coefficient (Wildman–Crippen LogP) is 3.40. The Kier molecular flexibility index (Phi) is 5.23. The number of hydrogen-bond acceptors (Lipinski definition) is 6. The lowest BCUT2D eigenvalue weighted by Crippen LogP contribution is -2.06. The van der Waals surface area contributed by atoms with Gasteiger partial charge in [-0.3, -0.25) is 10.1 Å². The summed E-state index contributed by atoms with van der Waals surface area (Å²) in [4.78, 5) is 10.1. The summed E-state index contributed by atoms with van der Waals surface area (Å²) < 4.78 is 5.22. The molecule has 0 fully saturated rings. The summed E-state index contributed by atoms with van der Waals surface area (Å²) in [6, 6.07) is 9.97. The van der Waals surface area contributed by atoms with Crippen LogP contribution in [0.4, 0.5) is 11.4 Å². The van der Waals surface area contributed by atoms with Crippen molar-refractivity contribution in [1.82, 2.24) is 0 Å². The Morgan fingerprint density at radius 3 is 2.95 bits per heavy atom. The normalized spacial score (nSPS) is 10.0. The zero-order valence-corrected chi connectivity index (χ0v) is 11.9. The number of nitrogens with zero attached hydrogens (tertiary/aromatic N) is 2. The van der Waals surface area contributed by atoms with E-state index in [1.807, 2.05) is 18.2 Å². The van der Waals surface area contributed by atoms with E-state index >= 15 is 0 Å². The van der Waals surface area contributed by atoms with Crippen LogP contribution in [0.1, 0.15) is 11.3 Å². The van der Waals surface area contributed by atoms with Gasteiger partial charge in [0.25, 0.3) is 5.69 Å². The van der Waals surface area contributed by atoms with Crippen LogP contribution in [-0.4, -0.2) is 17.2 Å². The van der Waals surface area contributed by atoms with E-state index in [0.29, 0.717) is 12.2 Å². The monoisotopic (exact) mass is 303 g/mol. The van der Waals surface area contributed by atoms with Gasteiger partial charge in [0.2, 0.25) is 0 Å². The highest BCUT2D eigenvalue weighted by atomic mass is 32.2. The summed E-state index contributed by atoms with van der Waals surface area (Å²) in [6.45, 7) is 0.665. The molecular formula is C14H13N3O3S. The molecule has 0 saturated heterocycles. The number of rotatable bonds is 7. The molecule has 0 aliphatic rings. The molecular weight excluding hydrogens is 290 g/mol. The number of benzene rings is 1. The van der Waals surface area contributed by atoms with Gasteiger partial charge in [0.05, 0.1) is 28.2 Å². The molecule has 108 valence electrons. The van der Waals surface area contributed by atoms with Gasteiger partial charge in [0.1, 0.15) is 11.8 Å². The number of nitrogens with one attached hydrogen (secondary N) is 1. The molecule has 6 nitrogen and oxygen atoms in total. The Balaban J connectivity index is 1.83. The van der Waals surface area contributed by atoms with Crippen LogP contribution in [-0.2, 0) is 5.75 Å². The van der Waals surface area contributed by atoms with Crippen molar-refractivity contribution in [2.24, 2.45) is 0 Å². The number of furan rings is 1. The number of thioether (sulfide) groups is 1. The third-order valence-corrected chi connectivity index (χ3v) is 3.70. The Morgan fingerprint density at radius 2 is 2.29 bits per heavy atom. The maximum Gasteiger partial charge on any atom is 0.270 e. The van der Waals surface area contributed by atoms with E-state index in [1.165, 1.54) is 12.1 Å². The first-order valence-corrected chi connectivity index (χ1v) is 7.38. The summed E-state index contributed by atoms with van der Waals surface area (Å²) >= 11 is 1.70. The first-order chi connectivity index (χ1) is 10.2. The molecule has 1 heterocycles. The van der Waals surface area contributed by atoms with Crippen molar-refractivity contribution in [1.29, 1.82) is 5.26 Å². The summed E-state index contributed by atoms with van der Waals surface area (Å²) in [5.74, 6) is 2.55. The van der Waals surface area contributed by atoms with Crippen molar-refractivity contribution in [3.8, 4) is 6.07 Å². The van der Waals surface area contributed by atoms with Crippen LogP contribution < -0.4 is 5.32 Å². The fourth-order valence-electron chi connectivity index (χ4n) is 1.72. The van der Waals surface area contributed by atoms with Crippen LogP contribution in [0.3, 0.4) is 0 Å². The third kappa shape index (κ3) is 4.26. The Labute approximate surface area is 125 Å². The standard InChI is InChI=1S/C14H13N3O3S/c15-9-11-8-12(17(18)19)3-4-14(11)16-5-7-21-10-13-2-1-6-20-13/h1-4,6,8,16H,5,7,10H2. The van der Waals surface area contributed by atoms with Crippen molar-refractivity contribution < 1.29 is 9.34 Å². The van der Waals surface area contributed by atoms with E-state index in [-0.39, 0.29) is 11.3 Å². The van der Waals surface area contributed by atoms with Crippen molar-refractivity contribution >= 4 is 23.1 Å². The van der Waals surface area contributed by atoms with Crippen LogP contribution >= 0.6 is 11.8 Å². The molecule has 2 aromatic rings. The molecule has 0 unspecified atom stereocenters. The number of nitriles is 1. The summed E-state index contributed by atoms with van der Waals surface area (Å²) in [6.07, 6.45) is 1.64. The summed E-state index contributed by atoms with van der Waals surface area (Å²) in [5.41, 5.74) is 0.811. The third-order valence-electron chi connectivity index (χ3n) is 2.72. The molecule has 0 aliphatic heterocycles. The van der Waals surface area contributed by atoms with E-state index in [1.54, 1.807) is 24.1 Å². The number of nitro benzene ring substituents is 1. The molecule has 21 heavy (non-hydrogen) atoms. The molecule has 1 aromatic carbocycles. The fraction of sp³-hybridized carbons (Fsp3) is 0.214. The smallest absolute Gasteiger partial charge is 0.270 e. The minimum absolute atomic E-state index is 0.0794. The maximum absolute atomic E-state index is 10.7. The lowest BCUT2D eigenvalue weighted by Gasteiger charge is -2.07. The first-order valence-electron chi connectivity index (χ1n) is 6.23. The molecule has 0 atom stereocenters. The van der Waals surface area contributed by atoms with E-state index in [0.717, 1.165) is 17.3 Å². The van der Waals surface area contributed by atoms with Crippen molar-refractivity contribution in [2.45, 2.75) is 5.75 Å². The van der Waals surface area contributed by atoms with Crippen molar-refractivity contribution in [3.63, 3.8) is 0 Å². The van der Waals surface area contributed by atoms with Gasteiger partial charge in [-0.15, -0.1) is 0 Å². The quantitative estimate of drug-likeness (QED) is 0.479. The largest absolute Gasteiger partial charge is 0.468 e. The second-order valence-corrected chi connectivity index (χ2v) is 5.26. The topological polar surface area (TPSA) is 92.1 Å². The van der Waals surface area contributed by atoms with Gasteiger partial charge in [0.15, 0.2) is 0 Å². The highest BCUT2D eigenvalue weighted by Crippen LogP contribution is 2.21. The lowest BCUT2D eigenvalue weighted by molar-refractivity contribution is -0.384. The van der Waals surface area contributed by atoms with Crippen LogP contribution in [0.2, 0.25) is 0 Å². The highest BCUT2D eigenvalue weighted by molar-refractivity contribution is 7.98. The molecule has 0 bridgehead atoms. The van der Waals surface area contributed by atoms with Gasteiger partial charge in [-0.1, -0.05) is 0 Å². The first kappa shape index (κ1) is 14.9. The molecule has 0 saturated carbocycles. The minimum Gasteiger partial charge on any atom is -0.468 e. The predicted molar refractivity (Wildman–Crippen MR) is 81.2 cm³/mol. The number of hydrogen-bond donors (Lipinski definition) is 1. The van der Waals surface area contributed by atoms with Gasteiger partial charge in [0, 0.05) is 24.4 Å². The summed E-state index contributed by atoms with van der Waals surface area (Å²) in [5, 5.41) is 22.8. The van der Waals surface area contributed by atoms with E-state index < -0.39 is 4.92 Å². The molecule has 0 spiro atoms. The minimum atomic E-state index is -0.510. The van der Waals surface area contributed by atoms with Crippen LogP contribution in [0.25, 0.3) is 0 Å². The molecule has 0 aliphatic carbocycles. The number of non-ortho nitro benzene ring substituents is 1. The Hall–Kier alpha value is -2.46. The average Bonchev–Trinajstić information content (AvgIpc) is 3.00. The van der Waals surface area contributed by atoms with Crippen molar-refractivity contribution in [3.05, 3.63) is 58.0 Å². The Morgan fingerprint density at radius 1 is 1.43 bits per heavy atom. The molecule has 0 radical (unpaired) electrons.